The van der Waals surface area contributed by atoms with Crippen LogP contribution in [0.4, 0.5) is 0 Å². The molecule has 0 spiro atoms. The van der Waals surface area contributed by atoms with Crippen molar-refractivity contribution in [2.75, 3.05) is 0 Å². The predicted molar refractivity (Wildman–Crippen MR) is 124 cm³/mol. The molecule has 0 unspecified atom stereocenters. The minimum absolute atomic E-state index is 1.08. The number of hydrogen-bond acceptors (Lipinski definition) is 2. The minimum Gasteiger partial charge on any atom is -0.237 e. The van der Waals surface area contributed by atoms with Crippen LogP contribution in [0, 0.1) is 55.4 Å². The molecular weight excluding hydrogens is 368 g/mol. The van der Waals surface area contributed by atoms with E-state index in [0.717, 1.165) is 22.8 Å². The molecule has 4 nitrogen and oxygen atoms in total. The summed E-state index contributed by atoms with van der Waals surface area (Å²) in [5, 5.41) is 9.45. The third-order valence-corrected chi connectivity index (χ3v) is 6.49. The maximum absolute atomic E-state index is 4.73. The molecule has 0 saturated heterocycles. The van der Waals surface area contributed by atoms with Crippen LogP contribution in [0.2, 0.25) is 0 Å². The fourth-order valence-electron chi connectivity index (χ4n) is 4.06. The second kappa shape index (κ2) is 7.28. The van der Waals surface area contributed by atoms with Crippen molar-refractivity contribution in [3.05, 3.63) is 81.4 Å². The summed E-state index contributed by atoms with van der Waals surface area (Å²) in [5.74, 6) is 0. The molecule has 4 aromatic rings. The molecular formula is C26H30N4. The van der Waals surface area contributed by atoms with Crippen LogP contribution in [0.1, 0.15) is 45.0 Å². The van der Waals surface area contributed by atoms with Gasteiger partial charge in [-0.15, -0.1) is 0 Å². The van der Waals surface area contributed by atoms with Crippen molar-refractivity contribution in [3.63, 3.8) is 0 Å². The Hall–Kier alpha value is -3.14. The van der Waals surface area contributed by atoms with Crippen molar-refractivity contribution in [1.29, 1.82) is 0 Å². The second-order valence-corrected chi connectivity index (χ2v) is 8.42. The molecule has 2 heterocycles. The quantitative estimate of drug-likeness (QED) is 0.412. The third-order valence-electron chi connectivity index (χ3n) is 6.49. The van der Waals surface area contributed by atoms with Crippen molar-refractivity contribution in [2.45, 2.75) is 55.4 Å². The summed E-state index contributed by atoms with van der Waals surface area (Å²) < 4.78 is 4.12. The number of hydrogen-bond donors (Lipinski definition) is 0. The van der Waals surface area contributed by atoms with Crippen LogP contribution >= 0.6 is 0 Å². The Bertz CT molecular complexity index is 1170. The average molecular weight is 399 g/mol. The van der Waals surface area contributed by atoms with Gasteiger partial charge in [0.2, 0.25) is 0 Å². The highest BCUT2D eigenvalue weighted by Crippen LogP contribution is 2.29. The molecule has 2 aromatic heterocycles. The van der Waals surface area contributed by atoms with E-state index < -0.39 is 0 Å². The fraction of sp³-hybridized carbons (Fsp3) is 0.308. The van der Waals surface area contributed by atoms with E-state index >= 15 is 0 Å². The molecule has 30 heavy (non-hydrogen) atoms. The lowest BCUT2D eigenvalue weighted by atomic mass is 10.00. The maximum Gasteiger partial charge on any atom is 0.0678 e. The van der Waals surface area contributed by atoms with Gasteiger partial charge in [0.05, 0.1) is 22.8 Å². The molecule has 0 aliphatic heterocycles. The number of aromatic nitrogens is 4. The molecule has 4 heteroatoms. The van der Waals surface area contributed by atoms with Gasteiger partial charge in [0.15, 0.2) is 0 Å². The van der Waals surface area contributed by atoms with E-state index in [2.05, 4.69) is 101 Å². The van der Waals surface area contributed by atoms with Gasteiger partial charge >= 0.3 is 0 Å². The highest BCUT2D eigenvalue weighted by atomic mass is 15.3. The van der Waals surface area contributed by atoms with Crippen molar-refractivity contribution in [2.24, 2.45) is 0 Å². The van der Waals surface area contributed by atoms with Gasteiger partial charge in [0.25, 0.3) is 0 Å². The van der Waals surface area contributed by atoms with Crippen molar-refractivity contribution in [1.82, 2.24) is 19.6 Å². The topological polar surface area (TPSA) is 35.6 Å². The van der Waals surface area contributed by atoms with Crippen LogP contribution in [0.25, 0.3) is 22.5 Å². The van der Waals surface area contributed by atoms with Gasteiger partial charge in [-0.3, -0.25) is 0 Å². The van der Waals surface area contributed by atoms with Crippen LogP contribution < -0.4 is 0 Å². The lowest BCUT2D eigenvalue weighted by Gasteiger charge is -2.13. The van der Waals surface area contributed by atoms with Crippen molar-refractivity contribution in [3.8, 4) is 22.5 Å². The van der Waals surface area contributed by atoms with Gasteiger partial charge in [-0.05, 0) is 113 Å². The van der Waals surface area contributed by atoms with E-state index in [-0.39, 0.29) is 0 Å². The fourth-order valence-corrected chi connectivity index (χ4v) is 4.06. The summed E-state index contributed by atoms with van der Waals surface area (Å²) in [6, 6.07) is 13.2. The molecule has 0 fully saturated rings. The Morgan fingerprint density at radius 1 is 0.533 bits per heavy atom. The Kier molecular flexibility index (Phi) is 4.89. The summed E-state index contributed by atoms with van der Waals surface area (Å²) in [5.41, 5.74) is 14.2. The SMILES string of the molecule is Cc1cc(-c2ccc(-n3nc(C)c(C)c3C)c(C)c2)ccc1-n1nc(C)c(C)c1C. The number of rotatable bonds is 3. The minimum atomic E-state index is 1.08. The van der Waals surface area contributed by atoms with Gasteiger partial charge in [-0.2, -0.15) is 10.2 Å². The Morgan fingerprint density at radius 2 is 0.900 bits per heavy atom. The summed E-state index contributed by atoms with van der Waals surface area (Å²) in [4.78, 5) is 0. The third kappa shape index (κ3) is 3.17. The van der Waals surface area contributed by atoms with E-state index in [0.29, 0.717) is 0 Å². The molecule has 0 saturated carbocycles. The lowest BCUT2D eigenvalue weighted by molar-refractivity contribution is 0.826. The van der Waals surface area contributed by atoms with Crippen LogP contribution in [0.15, 0.2) is 36.4 Å². The van der Waals surface area contributed by atoms with Crippen LogP contribution in [0.5, 0.6) is 0 Å². The first kappa shape index (κ1) is 20.1. The molecule has 0 radical (unpaired) electrons. The summed E-state index contributed by atoms with van der Waals surface area (Å²) in [6.07, 6.45) is 0. The molecule has 154 valence electrons. The Balaban J connectivity index is 1.73. The van der Waals surface area contributed by atoms with Gasteiger partial charge in [-0.1, -0.05) is 12.1 Å². The van der Waals surface area contributed by atoms with Crippen molar-refractivity contribution < 1.29 is 0 Å². The number of aryl methyl sites for hydroxylation is 4. The Labute approximate surface area is 179 Å². The molecule has 0 atom stereocenters. The van der Waals surface area contributed by atoms with Crippen LogP contribution in [0.3, 0.4) is 0 Å². The van der Waals surface area contributed by atoms with E-state index in [1.165, 1.54) is 44.8 Å². The maximum atomic E-state index is 4.73. The highest BCUT2D eigenvalue weighted by Gasteiger charge is 2.14. The summed E-state index contributed by atoms with van der Waals surface area (Å²) in [6.45, 7) is 17.0. The van der Waals surface area contributed by atoms with E-state index in [4.69, 9.17) is 10.2 Å². The smallest absolute Gasteiger partial charge is 0.0678 e. The van der Waals surface area contributed by atoms with E-state index in [9.17, 15) is 0 Å². The number of benzene rings is 2. The second-order valence-electron chi connectivity index (χ2n) is 8.42. The molecule has 0 N–H and O–H groups in total. The molecule has 0 aliphatic rings. The Morgan fingerprint density at radius 3 is 1.17 bits per heavy atom. The molecule has 4 rings (SSSR count). The summed E-state index contributed by atoms with van der Waals surface area (Å²) in [7, 11) is 0. The first-order valence-corrected chi connectivity index (χ1v) is 10.5. The van der Waals surface area contributed by atoms with Crippen LogP contribution in [-0.4, -0.2) is 19.6 Å². The van der Waals surface area contributed by atoms with Gasteiger partial charge < -0.3 is 0 Å². The molecule has 2 aromatic carbocycles. The largest absolute Gasteiger partial charge is 0.237 e. The zero-order chi connectivity index (χ0) is 21.7. The lowest BCUT2D eigenvalue weighted by Crippen LogP contribution is -2.03. The van der Waals surface area contributed by atoms with Crippen molar-refractivity contribution >= 4 is 0 Å². The average Bonchev–Trinajstić information content (AvgIpc) is 3.12. The first-order valence-electron chi connectivity index (χ1n) is 10.5. The normalized spacial score (nSPS) is 11.3. The van der Waals surface area contributed by atoms with Crippen LogP contribution in [-0.2, 0) is 0 Å². The standard InChI is InChI=1S/C26H30N4/c1-15-13-23(9-11-25(15)29-21(7)17(3)19(5)27-29)24-10-12-26(16(2)14-24)30-22(8)18(4)20(6)28-30/h9-14H,1-8H3. The molecule has 0 amide bonds. The molecule has 0 bridgehead atoms. The molecule has 0 aliphatic carbocycles. The van der Waals surface area contributed by atoms with E-state index in [1.54, 1.807) is 0 Å². The predicted octanol–water partition coefficient (Wildman–Crippen LogP) is 6.19. The van der Waals surface area contributed by atoms with Gasteiger partial charge in [0, 0.05) is 11.4 Å². The first-order chi connectivity index (χ1) is 14.2. The van der Waals surface area contributed by atoms with E-state index in [1.807, 2.05) is 0 Å². The monoisotopic (exact) mass is 398 g/mol. The highest BCUT2D eigenvalue weighted by molar-refractivity contribution is 5.69. The zero-order valence-electron chi connectivity index (χ0n) is 19.3. The van der Waals surface area contributed by atoms with Gasteiger partial charge in [0.1, 0.15) is 0 Å². The number of nitrogens with zero attached hydrogens (tertiary/aromatic N) is 4. The van der Waals surface area contributed by atoms with Gasteiger partial charge in [-0.25, -0.2) is 9.36 Å². The summed E-state index contributed by atoms with van der Waals surface area (Å²) >= 11 is 0. The zero-order valence-corrected chi connectivity index (χ0v) is 19.3.